The molecule has 1 heterocycles. The lowest BCUT2D eigenvalue weighted by molar-refractivity contribution is -0.0462. The summed E-state index contributed by atoms with van der Waals surface area (Å²) in [7, 11) is 0. The van der Waals surface area contributed by atoms with E-state index in [-0.39, 0.29) is 25.9 Å². The molecule has 1 atom stereocenters. The molecule has 2 rings (SSSR count). The molecule has 1 unspecified atom stereocenters. The van der Waals surface area contributed by atoms with E-state index >= 15 is 0 Å². The van der Waals surface area contributed by atoms with E-state index in [1.165, 1.54) is 0 Å². The van der Waals surface area contributed by atoms with Gasteiger partial charge in [0.05, 0.1) is 10.8 Å². The standard InChI is InChI=1S/C13H15F2NO2S/c1-7-8-3-5-13(14,15)9(4-6-17)11(8)19-10(7)12(18)16-2/h9,17H,2-6H2,1H3. The summed E-state index contributed by atoms with van der Waals surface area (Å²) >= 11 is 1.07. The van der Waals surface area contributed by atoms with Gasteiger partial charge >= 0.3 is 0 Å². The number of amides is 1. The molecule has 0 saturated carbocycles. The third-order valence-corrected chi connectivity index (χ3v) is 5.03. The molecule has 0 aromatic carbocycles. The van der Waals surface area contributed by atoms with Crippen LogP contribution in [0.15, 0.2) is 4.99 Å². The lowest BCUT2D eigenvalue weighted by Gasteiger charge is -2.31. The van der Waals surface area contributed by atoms with Crippen molar-refractivity contribution < 1.29 is 18.7 Å². The highest BCUT2D eigenvalue weighted by molar-refractivity contribution is 7.14. The molecule has 0 bridgehead atoms. The zero-order chi connectivity index (χ0) is 14.2. The van der Waals surface area contributed by atoms with Gasteiger partial charge in [-0.2, -0.15) is 0 Å². The van der Waals surface area contributed by atoms with Crippen LogP contribution in [0.2, 0.25) is 0 Å². The number of hydrogen-bond donors (Lipinski definition) is 1. The minimum absolute atomic E-state index is 0.00903. The summed E-state index contributed by atoms with van der Waals surface area (Å²) in [6.07, 6.45) is 0.0313. The fourth-order valence-electron chi connectivity index (χ4n) is 2.57. The topological polar surface area (TPSA) is 49.7 Å². The number of hydrogen-bond acceptors (Lipinski definition) is 3. The van der Waals surface area contributed by atoms with E-state index in [0.717, 1.165) is 22.5 Å². The minimum Gasteiger partial charge on any atom is -0.396 e. The first-order valence-corrected chi connectivity index (χ1v) is 6.86. The van der Waals surface area contributed by atoms with Gasteiger partial charge in [0, 0.05) is 17.9 Å². The van der Waals surface area contributed by atoms with Crippen LogP contribution < -0.4 is 0 Å². The van der Waals surface area contributed by atoms with E-state index in [2.05, 4.69) is 11.7 Å². The second-order valence-electron chi connectivity index (χ2n) is 4.69. The van der Waals surface area contributed by atoms with E-state index in [1.54, 1.807) is 6.92 Å². The number of fused-ring (bicyclic) bond motifs is 1. The Labute approximate surface area is 114 Å². The second kappa shape index (κ2) is 5.09. The van der Waals surface area contributed by atoms with E-state index in [0.29, 0.717) is 9.75 Å². The van der Waals surface area contributed by atoms with Gasteiger partial charge in [-0.3, -0.25) is 4.79 Å². The quantitative estimate of drug-likeness (QED) is 0.869. The highest BCUT2D eigenvalue weighted by Gasteiger charge is 2.46. The maximum atomic E-state index is 13.9. The predicted molar refractivity (Wildman–Crippen MR) is 70.6 cm³/mol. The Morgan fingerprint density at radius 3 is 2.89 bits per heavy atom. The van der Waals surface area contributed by atoms with Gasteiger partial charge < -0.3 is 5.11 Å². The van der Waals surface area contributed by atoms with Crippen molar-refractivity contribution in [2.75, 3.05) is 6.61 Å². The molecule has 6 heteroatoms. The van der Waals surface area contributed by atoms with E-state index in [9.17, 15) is 13.6 Å². The predicted octanol–water partition coefficient (Wildman–Crippen LogP) is 2.94. The first kappa shape index (κ1) is 14.3. The normalized spacial score (nSPS) is 20.9. The van der Waals surface area contributed by atoms with Crippen molar-refractivity contribution in [3.8, 4) is 0 Å². The Bertz CT molecular complexity index is 525. The summed E-state index contributed by atoms with van der Waals surface area (Å²) in [4.78, 5) is 15.9. The summed E-state index contributed by atoms with van der Waals surface area (Å²) < 4.78 is 27.9. The lowest BCUT2D eigenvalue weighted by atomic mass is 9.82. The van der Waals surface area contributed by atoms with Crippen LogP contribution >= 0.6 is 11.3 Å². The molecule has 1 N–H and O–H groups in total. The highest BCUT2D eigenvalue weighted by Crippen LogP contribution is 2.49. The molecule has 0 fully saturated rings. The fourth-order valence-corrected chi connectivity index (χ4v) is 4.03. The highest BCUT2D eigenvalue weighted by atomic mass is 32.1. The number of aliphatic hydroxyl groups is 1. The molecule has 1 aromatic heterocycles. The molecular formula is C13H15F2NO2S. The van der Waals surface area contributed by atoms with Gasteiger partial charge in [-0.25, -0.2) is 13.8 Å². The van der Waals surface area contributed by atoms with Crippen LogP contribution in [0.5, 0.6) is 0 Å². The average Bonchev–Trinajstić information content (AvgIpc) is 2.69. The Morgan fingerprint density at radius 2 is 2.32 bits per heavy atom. The Kier molecular flexibility index (Phi) is 3.82. The number of aliphatic hydroxyl groups excluding tert-OH is 1. The first-order valence-electron chi connectivity index (χ1n) is 6.04. The van der Waals surface area contributed by atoms with Crippen LogP contribution in [0.4, 0.5) is 8.78 Å². The van der Waals surface area contributed by atoms with Gasteiger partial charge in [-0.1, -0.05) is 0 Å². The second-order valence-corrected chi connectivity index (χ2v) is 5.74. The van der Waals surface area contributed by atoms with Crippen molar-refractivity contribution in [1.29, 1.82) is 0 Å². The molecule has 0 spiro atoms. The molecule has 1 amide bonds. The van der Waals surface area contributed by atoms with Crippen LogP contribution in [-0.2, 0) is 6.42 Å². The summed E-state index contributed by atoms with van der Waals surface area (Å²) in [5, 5.41) is 8.98. The van der Waals surface area contributed by atoms with Crippen molar-refractivity contribution in [3.05, 3.63) is 20.9 Å². The number of alkyl halides is 2. The van der Waals surface area contributed by atoms with Gasteiger partial charge in [0.2, 0.25) is 0 Å². The summed E-state index contributed by atoms with van der Waals surface area (Å²) in [6, 6.07) is 0. The van der Waals surface area contributed by atoms with Crippen LogP contribution in [-0.4, -0.2) is 30.3 Å². The van der Waals surface area contributed by atoms with Gasteiger partial charge in [-0.15, -0.1) is 11.3 Å². The molecule has 0 radical (unpaired) electrons. The monoisotopic (exact) mass is 287 g/mol. The number of carbonyl (C=O) groups is 1. The maximum Gasteiger partial charge on any atom is 0.286 e. The molecule has 19 heavy (non-hydrogen) atoms. The van der Waals surface area contributed by atoms with Crippen molar-refractivity contribution >= 4 is 24.0 Å². The molecule has 1 aliphatic rings. The Balaban J connectivity index is 2.52. The van der Waals surface area contributed by atoms with E-state index < -0.39 is 17.7 Å². The maximum absolute atomic E-state index is 13.9. The van der Waals surface area contributed by atoms with Gasteiger partial charge in [-0.05, 0) is 37.6 Å². The number of aliphatic imine (C=N–C) groups is 1. The molecular weight excluding hydrogens is 272 g/mol. The Hall–Kier alpha value is -1.14. The molecule has 1 aromatic rings. The summed E-state index contributed by atoms with van der Waals surface area (Å²) in [5.74, 6) is -4.30. The zero-order valence-corrected chi connectivity index (χ0v) is 11.4. The summed E-state index contributed by atoms with van der Waals surface area (Å²) in [5.41, 5.74) is 1.55. The lowest BCUT2D eigenvalue weighted by Crippen LogP contribution is -2.31. The third-order valence-electron chi connectivity index (χ3n) is 3.59. The molecule has 1 aliphatic carbocycles. The smallest absolute Gasteiger partial charge is 0.286 e. The number of carbonyl (C=O) groups excluding carboxylic acids is 1. The van der Waals surface area contributed by atoms with Crippen LogP contribution in [0, 0.1) is 6.92 Å². The number of halogens is 2. The minimum atomic E-state index is -2.82. The number of thiophene rings is 1. The van der Waals surface area contributed by atoms with Crippen molar-refractivity contribution in [2.45, 2.75) is 38.0 Å². The van der Waals surface area contributed by atoms with E-state index in [1.807, 2.05) is 0 Å². The fraction of sp³-hybridized carbons (Fsp3) is 0.538. The van der Waals surface area contributed by atoms with E-state index in [4.69, 9.17) is 5.11 Å². The van der Waals surface area contributed by atoms with Crippen molar-refractivity contribution in [1.82, 2.24) is 0 Å². The number of nitrogens with zero attached hydrogens (tertiary/aromatic N) is 1. The zero-order valence-electron chi connectivity index (χ0n) is 10.6. The van der Waals surface area contributed by atoms with Crippen LogP contribution in [0.1, 0.15) is 44.4 Å². The first-order chi connectivity index (χ1) is 8.92. The summed E-state index contributed by atoms with van der Waals surface area (Å²) in [6.45, 7) is 4.65. The van der Waals surface area contributed by atoms with Crippen molar-refractivity contribution in [2.24, 2.45) is 4.99 Å². The number of rotatable bonds is 3. The van der Waals surface area contributed by atoms with Gasteiger partial charge in [0.1, 0.15) is 0 Å². The largest absolute Gasteiger partial charge is 0.396 e. The van der Waals surface area contributed by atoms with Gasteiger partial charge in [0.15, 0.2) is 0 Å². The molecule has 0 aliphatic heterocycles. The SMILES string of the molecule is C=NC(=O)c1sc2c(c1C)CCC(F)(F)C2CCO. The van der Waals surface area contributed by atoms with Crippen molar-refractivity contribution in [3.63, 3.8) is 0 Å². The average molecular weight is 287 g/mol. The molecule has 3 nitrogen and oxygen atoms in total. The molecule has 104 valence electrons. The Morgan fingerprint density at radius 1 is 1.63 bits per heavy atom. The van der Waals surface area contributed by atoms with Crippen LogP contribution in [0.3, 0.4) is 0 Å². The molecule has 0 saturated heterocycles. The third kappa shape index (κ3) is 2.34. The van der Waals surface area contributed by atoms with Gasteiger partial charge in [0.25, 0.3) is 11.8 Å². The van der Waals surface area contributed by atoms with Crippen LogP contribution in [0.25, 0.3) is 0 Å².